The number of aromatic amines is 1. The Kier molecular flexibility index (Phi) is 11.9. The number of nitrogens with one attached hydrogen (secondary N) is 2. The summed E-state index contributed by atoms with van der Waals surface area (Å²) in [5.74, 6) is -1.10. The summed E-state index contributed by atoms with van der Waals surface area (Å²) < 4.78 is 5.96. The van der Waals surface area contributed by atoms with Crippen LogP contribution in [0.3, 0.4) is 0 Å². The minimum Gasteiger partial charge on any atom is -0.506 e. The smallest absolute Gasteiger partial charge is 0.345 e. The number of H-pyrrole nitrogens is 1. The molecule has 2 amide bonds. The van der Waals surface area contributed by atoms with Crippen LogP contribution in [0.25, 0.3) is 10.9 Å². The van der Waals surface area contributed by atoms with Crippen LogP contribution in [0.4, 0.5) is 0 Å². The molecule has 0 bridgehead atoms. The van der Waals surface area contributed by atoms with Crippen molar-refractivity contribution in [3.05, 3.63) is 177 Å². The van der Waals surface area contributed by atoms with Gasteiger partial charge in [0.05, 0.1) is 11.6 Å². The van der Waals surface area contributed by atoms with E-state index in [1.807, 2.05) is 46.2 Å². The Morgan fingerprint density at radius 2 is 1.42 bits per heavy atom. The first-order valence-corrected chi connectivity index (χ1v) is 20.7. The largest absolute Gasteiger partial charge is 0.506 e. The topological polar surface area (TPSA) is 193 Å². The molecule has 13 nitrogen and oxygen atoms in total. The number of carboxylic acid groups (broad SMARTS) is 1. The first kappa shape index (κ1) is 41.9. The molecule has 1 spiro atoms. The fourth-order valence-electron chi connectivity index (χ4n) is 8.53. The number of aliphatic carboxylic acids is 1. The van der Waals surface area contributed by atoms with Gasteiger partial charge in [0, 0.05) is 66.3 Å². The molecular weight excluding hydrogens is 789 g/mol. The number of likely N-dealkylation sites (tertiary alicyclic amines) is 2. The van der Waals surface area contributed by atoms with Gasteiger partial charge < -0.3 is 45.3 Å². The van der Waals surface area contributed by atoms with E-state index in [-0.39, 0.29) is 52.8 Å². The lowest BCUT2D eigenvalue weighted by atomic mass is 9.71. The summed E-state index contributed by atoms with van der Waals surface area (Å²) in [7, 11) is 0. The number of aliphatic hydroxyl groups is 2. The molecule has 1 aromatic heterocycles. The lowest BCUT2D eigenvalue weighted by Crippen LogP contribution is -2.62. The van der Waals surface area contributed by atoms with Crippen molar-refractivity contribution >= 4 is 28.7 Å². The number of hydrogen-bond donors (Lipinski definition) is 6. The second-order valence-electron chi connectivity index (χ2n) is 16.3. The van der Waals surface area contributed by atoms with E-state index in [0.717, 1.165) is 24.0 Å². The standard InChI is InChI=1S/C49H48N4O9/c54-41-19-17-39(40-18-20-43(56)51-44(40)41)42(55)28-50-24-21-32-9-13-34(14-10-32)45(57)52-25-22-48(23-26-52)30-53(31-48)46(58)35-15-11-33(12-16-35)29-62-38-8-4-7-37(27-38)49(61,47(59)60)36-5-2-1-3-6-36/h1-20,27,42,50,54-55,61H,21-26,28-31H2,(H,51,56)(H,59,60). The summed E-state index contributed by atoms with van der Waals surface area (Å²) in [6.07, 6.45) is 1.49. The zero-order chi connectivity index (χ0) is 43.4. The van der Waals surface area contributed by atoms with Gasteiger partial charge in [-0.1, -0.05) is 72.8 Å². The van der Waals surface area contributed by atoms with Gasteiger partial charge in [0.25, 0.3) is 11.8 Å². The number of aromatic hydroxyl groups is 1. The van der Waals surface area contributed by atoms with E-state index < -0.39 is 17.7 Å². The maximum atomic E-state index is 13.4. The van der Waals surface area contributed by atoms with Crippen molar-refractivity contribution in [3.8, 4) is 11.5 Å². The van der Waals surface area contributed by atoms with E-state index in [1.165, 1.54) is 18.2 Å². The minimum atomic E-state index is -2.24. The van der Waals surface area contributed by atoms with Gasteiger partial charge in [0.1, 0.15) is 18.1 Å². The number of phenolic OH excluding ortho intramolecular Hbond substituents is 1. The molecule has 2 unspecified atom stereocenters. The Balaban J connectivity index is 0.764. The highest BCUT2D eigenvalue weighted by atomic mass is 16.5. The quantitative estimate of drug-likeness (QED) is 0.0777. The second kappa shape index (κ2) is 17.7. The average molecular weight is 837 g/mol. The molecule has 62 heavy (non-hydrogen) atoms. The van der Waals surface area contributed by atoms with Gasteiger partial charge in [0.15, 0.2) is 0 Å². The minimum absolute atomic E-state index is 0.000761. The fraction of sp³-hybridized carbons (Fsp3) is 0.265. The third kappa shape index (κ3) is 8.68. The Hall–Kier alpha value is -6.80. The maximum absolute atomic E-state index is 13.4. The molecule has 318 valence electrons. The van der Waals surface area contributed by atoms with E-state index in [1.54, 1.807) is 72.8 Å². The highest BCUT2D eigenvalue weighted by Crippen LogP contribution is 2.41. The van der Waals surface area contributed by atoms with Gasteiger partial charge in [-0.2, -0.15) is 0 Å². The summed E-state index contributed by atoms with van der Waals surface area (Å²) in [6.45, 7) is 3.60. The van der Waals surface area contributed by atoms with Crippen molar-refractivity contribution in [2.45, 2.75) is 37.6 Å². The third-order valence-electron chi connectivity index (χ3n) is 12.2. The molecule has 3 heterocycles. The lowest BCUT2D eigenvalue weighted by Gasteiger charge is -2.54. The molecule has 0 saturated carbocycles. The fourth-order valence-corrected chi connectivity index (χ4v) is 8.53. The van der Waals surface area contributed by atoms with E-state index >= 15 is 0 Å². The SMILES string of the molecule is O=C(c1ccc(CCNCC(O)c2ccc(O)c3[nH]c(=O)ccc23)cc1)N1CCC2(CC1)CN(C(=O)c1ccc(COc3cccc(C(O)(C(=O)O)c4ccccc4)c3)cc1)C2. The highest BCUT2D eigenvalue weighted by molar-refractivity contribution is 5.95. The van der Waals surface area contributed by atoms with Gasteiger partial charge in [-0.15, -0.1) is 0 Å². The molecular formula is C49H48N4O9. The van der Waals surface area contributed by atoms with Crippen LogP contribution in [0, 0.1) is 5.41 Å². The normalized spacial score (nSPS) is 16.0. The zero-order valence-corrected chi connectivity index (χ0v) is 34.0. The highest BCUT2D eigenvalue weighted by Gasteiger charge is 2.47. The van der Waals surface area contributed by atoms with Crippen molar-refractivity contribution in [3.63, 3.8) is 0 Å². The van der Waals surface area contributed by atoms with E-state index in [2.05, 4.69) is 10.3 Å². The number of amides is 2. The number of pyridine rings is 1. The second-order valence-corrected chi connectivity index (χ2v) is 16.3. The van der Waals surface area contributed by atoms with Crippen LogP contribution in [0.15, 0.2) is 132 Å². The Morgan fingerprint density at radius 3 is 2.10 bits per heavy atom. The molecule has 5 aromatic carbocycles. The number of aromatic nitrogens is 1. The summed E-state index contributed by atoms with van der Waals surface area (Å²) in [4.78, 5) is 57.1. The molecule has 2 atom stereocenters. The number of piperidine rings is 1. The van der Waals surface area contributed by atoms with E-state index in [9.17, 15) is 39.6 Å². The number of benzene rings is 5. The zero-order valence-electron chi connectivity index (χ0n) is 34.0. The average Bonchev–Trinajstić information content (AvgIpc) is 3.29. The number of hydrogen-bond acceptors (Lipinski definition) is 9. The Bertz CT molecular complexity index is 2630. The number of phenols is 1. The molecule has 6 aromatic rings. The van der Waals surface area contributed by atoms with Crippen LogP contribution < -0.4 is 15.6 Å². The number of aliphatic hydroxyl groups excluding tert-OH is 1. The van der Waals surface area contributed by atoms with Crippen LogP contribution >= 0.6 is 0 Å². The number of carbonyl (C=O) groups is 3. The number of carboxylic acids is 1. The van der Waals surface area contributed by atoms with Crippen molar-refractivity contribution < 1.29 is 39.5 Å². The molecule has 2 fully saturated rings. The van der Waals surface area contributed by atoms with Crippen LogP contribution in [0.1, 0.15) is 67.5 Å². The lowest BCUT2D eigenvalue weighted by molar-refractivity contribution is -0.155. The summed E-state index contributed by atoms with van der Waals surface area (Å²) in [6, 6.07) is 35.5. The van der Waals surface area contributed by atoms with Crippen LogP contribution in [-0.2, 0) is 23.4 Å². The van der Waals surface area contributed by atoms with Crippen molar-refractivity contribution in [2.75, 3.05) is 39.3 Å². The summed E-state index contributed by atoms with van der Waals surface area (Å²) in [5.41, 5.74) is 1.81. The number of rotatable bonds is 14. The molecule has 0 radical (unpaired) electrons. The predicted octanol–water partition coefficient (Wildman–Crippen LogP) is 5.38. The Morgan fingerprint density at radius 1 is 0.774 bits per heavy atom. The van der Waals surface area contributed by atoms with Gasteiger partial charge in [-0.3, -0.25) is 14.4 Å². The molecule has 0 aliphatic carbocycles. The number of ether oxygens (including phenoxy) is 1. The first-order valence-electron chi connectivity index (χ1n) is 20.7. The van der Waals surface area contributed by atoms with E-state index in [4.69, 9.17) is 4.74 Å². The maximum Gasteiger partial charge on any atom is 0.345 e. The molecule has 6 N–H and O–H groups in total. The predicted molar refractivity (Wildman–Crippen MR) is 232 cm³/mol. The molecule has 2 aliphatic heterocycles. The van der Waals surface area contributed by atoms with Crippen LogP contribution in [0.5, 0.6) is 11.5 Å². The van der Waals surface area contributed by atoms with Crippen LogP contribution in [-0.4, -0.2) is 92.3 Å². The first-order chi connectivity index (χ1) is 29.9. The Labute approximate surface area is 357 Å². The number of fused-ring (bicyclic) bond motifs is 1. The monoisotopic (exact) mass is 836 g/mol. The van der Waals surface area contributed by atoms with Gasteiger partial charge in [-0.25, -0.2) is 4.79 Å². The van der Waals surface area contributed by atoms with Crippen molar-refractivity contribution in [2.24, 2.45) is 5.41 Å². The van der Waals surface area contributed by atoms with Gasteiger partial charge >= 0.3 is 5.97 Å². The summed E-state index contributed by atoms with van der Waals surface area (Å²) >= 11 is 0. The van der Waals surface area contributed by atoms with Gasteiger partial charge in [0.2, 0.25) is 11.2 Å². The molecule has 13 heteroatoms. The van der Waals surface area contributed by atoms with E-state index in [0.29, 0.717) is 72.5 Å². The number of nitrogens with zero attached hydrogens (tertiary/aromatic N) is 2. The number of carbonyl (C=O) groups excluding carboxylic acids is 2. The van der Waals surface area contributed by atoms with Crippen molar-refractivity contribution in [1.29, 1.82) is 0 Å². The van der Waals surface area contributed by atoms with Crippen molar-refractivity contribution in [1.82, 2.24) is 20.1 Å². The van der Waals surface area contributed by atoms with Gasteiger partial charge in [-0.05, 0) is 96.6 Å². The molecule has 2 saturated heterocycles. The molecule has 8 rings (SSSR count). The third-order valence-corrected chi connectivity index (χ3v) is 12.2. The van der Waals surface area contributed by atoms with Crippen LogP contribution in [0.2, 0.25) is 0 Å². The molecule has 2 aliphatic rings. The summed E-state index contributed by atoms with van der Waals surface area (Å²) in [5, 5.41) is 46.0.